The van der Waals surface area contributed by atoms with Gasteiger partial charge < -0.3 is 10.5 Å². The number of halogens is 1. The molecule has 0 atom stereocenters. The zero-order chi connectivity index (χ0) is 14.7. The van der Waals surface area contributed by atoms with E-state index in [1.807, 2.05) is 0 Å². The Balaban J connectivity index is 2.42. The van der Waals surface area contributed by atoms with Crippen molar-refractivity contribution >= 4 is 27.5 Å². The number of nitrogen functional groups attached to an aromatic ring is 1. The van der Waals surface area contributed by atoms with Crippen LogP contribution in [-0.4, -0.2) is 15.7 Å². The third kappa shape index (κ3) is 2.91. The van der Waals surface area contributed by atoms with E-state index in [2.05, 4.69) is 20.9 Å². The first-order valence-corrected chi connectivity index (χ1v) is 6.19. The lowest BCUT2D eigenvalue weighted by Crippen LogP contribution is -2.12. The number of benzene rings is 1. The molecular weight excluding hydrogens is 328 g/mol. The van der Waals surface area contributed by atoms with Crippen LogP contribution in [0.2, 0.25) is 0 Å². The number of nitro benzene ring substituents is 1. The van der Waals surface area contributed by atoms with Crippen molar-refractivity contribution in [3.05, 3.63) is 56.8 Å². The molecule has 0 fully saturated rings. The van der Waals surface area contributed by atoms with Gasteiger partial charge in [0.25, 0.3) is 0 Å². The second-order valence-corrected chi connectivity index (χ2v) is 4.59. The third-order valence-electron chi connectivity index (χ3n) is 2.37. The van der Waals surface area contributed by atoms with Crippen LogP contribution in [0.15, 0.2) is 41.0 Å². The largest absolute Gasteiger partial charge is 0.449 e. The maximum atomic E-state index is 11.0. The van der Waals surface area contributed by atoms with Gasteiger partial charge in [0.2, 0.25) is 5.75 Å². The van der Waals surface area contributed by atoms with Crippen molar-refractivity contribution in [2.75, 3.05) is 0 Å². The Morgan fingerprint density at radius 1 is 1.45 bits per heavy atom. The summed E-state index contributed by atoms with van der Waals surface area (Å²) >= 11 is 3.21. The van der Waals surface area contributed by atoms with E-state index in [-0.39, 0.29) is 23.0 Å². The molecule has 20 heavy (non-hydrogen) atoms. The highest BCUT2D eigenvalue weighted by molar-refractivity contribution is 9.10. The molecule has 1 heterocycles. The van der Waals surface area contributed by atoms with E-state index in [1.165, 1.54) is 24.4 Å². The number of ether oxygens (including phenoxy) is 1. The standard InChI is InChI=1S/C12H9BrN4O3/c13-8-2-1-3-10(17(18)19)11(8)20-7-4-5-16-9(6-7)12(14)15/h1-6H,(H3,14,15). The van der Waals surface area contributed by atoms with Crippen LogP contribution in [0.4, 0.5) is 5.69 Å². The zero-order valence-electron chi connectivity index (χ0n) is 10.0. The Kier molecular flexibility index (Phi) is 3.94. The molecule has 102 valence electrons. The molecule has 0 radical (unpaired) electrons. The predicted octanol–water partition coefficient (Wildman–Crippen LogP) is 2.83. The summed E-state index contributed by atoms with van der Waals surface area (Å²) in [6.45, 7) is 0. The Morgan fingerprint density at radius 3 is 2.85 bits per heavy atom. The molecule has 0 bridgehead atoms. The average Bonchev–Trinajstić information content (AvgIpc) is 2.41. The van der Waals surface area contributed by atoms with E-state index in [1.54, 1.807) is 12.1 Å². The summed E-state index contributed by atoms with van der Waals surface area (Å²) in [7, 11) is 0. The number of nitrogens with two attached hydrogens (primary N) is 1. The van der Waals surface area contributed by atoms with E-state index >= 15 is 0 Å². The number of rotatable bonds is 4. The molecule has 0 spiro atoms. The van der Waals surface area contributed by atoms with E-state index in [4.69, 9.17) is 15.9 Å². The normalized spacial score (nSPS) is 10.1. The van der Waals surface area contributed by atoms with E-state index in [9.17, 15) is 10.1 Å². The summed E-state index contributed by atoms with van der Waals surface area (Å²) in [4.78, 5) is 14.3. The van der Waals surface area contributed by atoms with Crippen LogP contribution in [0.25, 0.3) is 0 Å². The first-order valence-electron chi connectivity index (χ1n) is 5.40. The van der Waals surface area contributed by atoms with Gasteiger partial charge in [-0.1, -0.05) is 6.07 Å². The summed E-state index contributed by atoms with van der Waals surface area (Å²) in [5, 5.41) is 18.3. The van der Waals surface area contributed by atoms with Crippen LogP contribution in [0.1, 0.15) is 5.69 Å². The van der Waals surface area contributed by atoms with Crippen molar-refractivity contribution in [3.8, 4) is 11.5 Å². The molecule has 0 amide bonds. The molecule has 2 rings (SSSR count). The number of nitro groups is 1. The van der Waals surface area contributed by atoms with Gasteiger partial charge in [0, 0.05) is 18.3 Å². The van der Waals surface area contributed by atoms with Crippen LogP contribution in [0.5, 0.6) is 11.5 Å². The second kappa shape index (κ2) is 5.66. The van der Waals surface area contributed by atoms with Gasteiger partial charge in [-0.25, -0.2) is 0 Å². The van der Waals surface area contributed by atoms with Gasteiger partial charge in [-0.05, 0) is 28.1 Å². The highest BCUT2D eigenvalue weighted by Gasteiger charge is 2.19. The zero-order valence-corrected chi connectivity index (χ0v) is 11.6. The minimum absolute atomic E-state index is 0.0817. The molecule has 0 saturated carbocycles. The molecule has 0 aliphatic heterocycles. The molecule has 0 unspecified atom stereocenters. The smallest absolute Gasteiger partial charge is 0.312 e. The van der Waals surface area contributed by atoms with Crippen LogP contribution in [0.3, 0.4) is 0 Å². The van der Waals surface area contributed by atoms with Gasteiger partial charge in [0.05, 0.1) is 9.40 Å². The SMILES string of the molecule is N=C(N)c1cc(Oc2c(Br)cccc2[N+](=O)[O-])ccn1. The molecule has 2 aromatic rings. The third-order valence-corrected chi connectivity index (χ3v) is 2.99. The number of amidine groups is 1. The number of aromatic nitrogens is 1. The Hall–Kier alpha value is -2.48. The van der Waals surface area contributed by atoms with Crippen molar-refractivity contribution in [1.29, 1.82) is 5.41 Å². The molecule has 8 heteroatoms. The minimum atomic E-state index is -0.535. The van der Waals surface area contributed by atoms with Gasteiger partial charge in [-0.15, -0.1) is 0 Å². The number of hydrogen-bond acceptors (Lipinski definition) is 5. The Bertz CT molecular complexity index is 690. The maximum Gasteiger partial charge on any atom is 0.312 e. The topological polar surface area (TPSA) is 115 Å². The molecule has 3 N–H and O–H groups in total. The average molecular weight is 337 g/mol. The number of hydrogen-bond donors (Lipinski definition) is 2. The van der Waals surface area contributed by atoms with Gasteiger partial charge in [-0.3, -0.25) is 20.5 Å². The number of pyridine rings is 1. The number of para-hydroxylation sites is 1. The lowest BCUT2D eigenvalue weighted by Gasteiger charge is -2.08. The molecular formula is C12H9BrN4O3. The van der Waals surface area contributed by atoms with Gasteiger partial charge in [0.15, 0.2) is 0 Å². The summed E-state index contributed by atoms with van der Waals surface area (Å²) in [5.74, 6) is 0.176. The summed E-state index contributed by atoms with van der Waals surface area (Å²) in [6.07, 6.45) is 1.41. The van der Waals surface area contributed by atoms with Crippen molar-refractivity contribution in [2.24, 2.45) is 5.73 Å². The number of nitrogens with zero attached hydrogens (tertiary/aromatic N) is 2. The van der Waals surface area contributed by atoms with E-state index in [0.29, 0.717) is 10.2 Å². The first kappa shape index (κ1) is 13.9. The lowest BCUT2D eigenvalue weighted by atomic mass is 10.3. The van der Waals surface area contributed by atoms with Gasteiger partial charge >= 0.3 is 5.69 Å². The van der Waals surface area contributed by atoms with Crippen molar-refractivity contribution in [2.45, 2.75) is 0 Å². The monoisotopic (exact) mass is 336 g/mol. The molecule has 0 saturated heterocycles. The highest BCUT2D eigenvalue weighted by atomic mass is 79.9. The Labute approximate surface area is 122 Å². The summed E-state index contributed by atoms with van der Waals surface area (Å²) < 4.78 is 5.96. The molecule has 1 aromatic carbocycles. The summed E-state index contributed by atoms with van der Waals surface area (Å²) in [5.41, 5.74) is 5.40. The van der Waals surface area contributed by atoms with E-state index in [0.717, 1.165) is 0 Å². The van der Waals surface area contributed by atoms with Crippen molar-refractivity contribution < 1.29 is 9.66 Å². The highest BCUT2D eigenvalue weighted by Crippen LogP contribution is 2.37. The number of nitrogens with one attached hydrogen (secondary N) is 1. The fourth-order valence-corrected chi connectivity index (χ4v) is 1.92. The van der Waals surface area contributed by atoms with Crippen LogP contribution in [0, 0.1) is 15.5 Å². The van der Waals surface area contributed by atoms with Crippen LogP contribution >= 0.6 is 15.9 Å². The Morgan fingerprint density at radius 2 is 2.20 bits per heavy atom. The molecule has 0 aliphatic rings. The maximum absolute atomic E-state index is 11.0. The quantitative estimate of drug-likeness (QED) is 0.385. The fraction of sp³-hybridized carbons (Fsp3) is 0. The lowest BCUT2D eigenvalue weighted by molar-refractivity contribution is -0.385. The molecule has 7 nitrogen and oxygen atoms in total. The molecule has 0 aliphatic carbocycles. The van der Waals surface area contributed by atoms with Crippen LogP contribution < -0.4 is 10.5 Å². The fourth-order valence-electron chi connectivity index (χ4n) is 1.48. The van der Waals surface area contributed by atoms with Gasteiger partial charge in [0.1, 0.15) is 17.3 Å². The van der Waals surface area contributed by atoms with Crippen molar-refractivity contribution in [3.63, 3.8) is 0 Å². The predicted molar refractivity (Wildman–Crippen MR) is 76.1 cm³/mol. The van der Waals surface area contributed by atoms with Gasteiger partial charge in [-0.2, -0.15) is 0 Å². The van der Waals surface area contributed by atoms with E-state index < -0.39 is 4.92 Å². The first-order chi connectivity index (χ1) is 9.49. The molecule has 1 aromatic heterocycles. The van der Waals surface area contributed by atoms with Crippen molar-refractivity contribution in [1.82, 2.24) is 4.98 Å². The van der Waals surface area contributed by atoms with Crippen LogP contribution in [-0.2, 0) is 0 Å². The minimum Gasteiger partial charge on any atom is -0.449 e. The summed E-state index contributed by atoms with van der Waals surface area (Å²) in [6, 6.07) is 7.48. The second-order valence-electron chi connectivity index (χ2n) is 3.74.